The molecular weight excluding hydrogens is 250 g/mol. The van der Waals surface area contributed by atoms with Gasteiger partial charge in [-0.1, -0.05) is 6.07 Å². The second-order valence-corrected chi connectivity index (χ2v) is 5.25. The molecule has 0 aliphatic heterocycles. The van der Waals surface area contributed by atoms with Gasteiger partial charge in [-0.2, -0.15) is 0 Å². The van der Waals surface area contributed by atoms with E-state index in [0.717, 1.165) is 24.8 Å². The normalized spacial score (nSPS) is 17.8. The number of hydrogen-bond acceptors (Lipinski definition) is 3. The molecule has 1 N–H and O–H groups in total. The third kappa shape index (κ3) is 2.39. The van der Waals surface area contributed by atoms with E-state index < -0.39 is 0 Å². The zero-order valence-corrected chi connectivity index (χ0v) is 11.7. The van der Waals surface area contributed by atoms with Crippen LogP contribution in [0.4, 0.5) is 0 Å². The van der Waals surface area contributed by atoms with Crippen LogP contribution in [0.3, 0.4) is 0 Å². The van der Waals surface area contributed by atoms with Crippen molar-refractivity contribution in [3.63, 3.8) is 0 Å². The lowest BCUT2D eigenvalue weighted by Gasteiger charge is -2.27. The Hall–Kier alpha value is -1.94. The molecular formula is C16H19N3O. The van der Waals surface area contributed by atoms with Crippen LogP contribution in [-0.4, -0.2) is 16.6 Å². The SMILES string of the molecule is CNC1CCCc2c1ccc(=O)n2Cc1ccncc1. The van der Waals surface area contributed by atoms with Crippen molar-refractivity contribution in [2.45, 2.75) is 31.8 Å². The number of hydrogen-bond donors (Lipinski definition) is 1. The van der Waals surface area contributed by atoms with E-state index in [1.54, 1.807) is 18.5 Å². The van der Waals surface area contributed by atoms with Crippen LogP contribution in [-0.2, 0) is 13.0 Å². The summed E-state index contributed by atoms with van der Waals surface area (Å²) in [6.45, 7) is 0.626. The van der Waals surface area contributed by atoms with Crippen molar-refractivity contribution in [3.8, 4) is 0 Å². The molecule has 2 heterocycles. The van der Waals surface area contributed by atoms with Crippen LogP contribution in [0.25, 0.3) is 0 Å². The number of aromatic nitrogens is 2. The molecule has 0 amide bonds. The molecule has 0 aromatic carbocycles. The van der Waals surface area contributed by atoms with E-state index in [1.165, 1.54) is 11.3 Å². The lowest BCUT2D eigenvalue weighted by molar-refractivity contribution is 0.473. The highest BCUT2D eigenvalue weighted by Crippen LogP contribution is 2.28. The Morgan fingerprint density at radius 3 is 2.85 bits per heavy atom. The monoisotopic (exact) mass is 269 g/mol. The molecule has 0 radical (unpaired) electrons. The summed E-state index contributed by atoms with van der Waals surface area (Å²) in [7, 11) is 1.98. The number of fused-ring (bicyclic) bond motifs is 1. The molecule has 1 aliphatic rings. The van der Waals surface area contributed by atoms with Crippen LogP contribution in [0.2, 0.25) is 0 Å². The van der Waals surface area contributed by atoms with Crippen molar-refractivity contribution in [3.05, 3.63) is 63.8 Å². The zero-order chi connectivity index (χ0) is 13.9. The smallest absolute Gasteiger partial charge is 0.251 e. The van der Waals surface area contributed by atoms with Crippen LogP contribution >= 0.6 is 0 Å². The predicted octanol–water partition coefficient (Wildman–Crippen LogP) is 1.89. The summed E-state index contributed by atoms with van der Waals surface area (Å²) in [6, 6.07) is 7.97. The van der Waals surface area contributed by atoms with E-state index in [1.807, 2.05) is 29.8 Å². The van der Waals surface area contributed by atoms with Crippen LogP contribution < -0.4 is 10.9 Å². The maximum atomic E-state index is 12.2. The topological polar surface area (TPSA) is 46.9 Å². The molecule has 0 fully saturated rings. The van der Waals surface area contributed by atoms with Gasteiger partial charge in [0, 0.05) is 30.2 Å². The van der Waals surface area contributed by atoms with Gasteiger partial charge in [0.1, 0.15) is 0 Å². The summed E-state index contributed by atoms with van der Waals surface area (Å²) < 4.78 is 1.91. The minimum atomic E-state index is 0.0808. The van der Waals surface area contributed by atoms with Gasteiger partial charge in [0.05, 0.1) is 6.54 Å². The maximum Gasteiger partial charge on any atom is 0.251 e. The van der Waals surface area contributed by atoms with Gasteiger partial charge in [-0.3, -0.25) is 9.78 Å². The zero-order valence-electron chi connectivity index (χ0n) is 11.7. The fraction of sp³-hybridized carbons (Fsp3) is 0.375. The molecule has 1 unspecified atom stereocenters. The first-order valence-corrected chi connectivity index (χ1v) is 7.08. The lowest BCUT2D eigenvalue weighted by Crippen LogP contribution is -2.30. The Kier molecular flexibility index (Phi) is 3.65. The van der Waals surface area contributed by atoms with Gasteiger partial charge in [-0.15, -0.1) is 0 Å². The summed E-state index contributed by atoms with van der Waals surface area (Å²) in [6.07, 6.45) is 6.78. The van der Waals surface area contributed by atoms with Crippen molar-refractivity contribution in [2.24, 2.45) is 0 Å². The van der Waals surface area contributed by atoms with E-state index >= 15 is 0 Å². The van der Waals surface area contributed by atoms with Gasteiger partial charge >= 0.3 is 0 Å². The number of nitrogens with zero attached hydrogens (tertiary/aromatic N) is 2. The predicted molar refractivity (Wildman–Crippen MR) is 78.8 cm³/mol. The van der Waals surface area contributed by atoms with E-state index in [4.69, 9.17) is 0 Å². The first-order valence-electron chi connectivity index (χ1n) is 7.08. The quantitative estimate of drug-likeness (QED) is 0.925. The van der Waals surface area contributed by atoms with E-state index in [9.17, 15) is 4.79 Å². The number of pyridine rings is 2. The molecule has 0 saturated carbocycles. The van der Waals surface area contributed by atoms with E-state index in [-0.39, 0.29) is 5.56 Å². The highest BCUT2D eigenvalue weighted by molar-refractivity contribution is 5.28. The first-order chi connectivity index (χ1) is 9.79. The molecule has 0 bridgehead atoms. The van der Waals surface area contributed by atoms with Gasteiger partial charge in [0.15, 0.2) is 0 Å². The highest BCUT2D eigenvalue weighted by atomic mass is 16.1. The van der Waals surface area contributed by atoms with Crippen LogP contribution in [0.1, 0.15) is 35.7 Å². The summed E-state index contributed by atoms with van der Waals surface area (Å²) in [4.78, 5) is 16.2. The van der Waals surface area contributed by atoms with Gasteiger partial charge in [0.2, 0.25) is 0 Å². The molecule has 1 atom stereocenters. The Bertz CT molecular complexity index is 649. The largest absolute Gasteiger partial charge is 0.313 e. The maximum absolute atomic E-state index is 12.2. The number of nitrogens with one attached hydrogen (secondary N) is 1. The van der Waals surface area contributed by atoms with Crippen molar-refractivity contribution in [1.29, 1.82) is 0 Å². The highest BCUT2D eigenvalue weighted by Gasteiger charge is 2.21. The van der Waals surface area contributed by atoms with Gasteiger partial charge in [-0.25, -0.2) is 0 Å². The summed E-state index contributed by atoms with van der Waals surface area (Å²) in [5.41, 5.74) is 3.65. The lowest BCUT2D eigenvalue weighted by atomic mass is 9.91. The third-order valence-electron chi connectivity index (χ3n) is 4.05. The van der Waals surface area contributed by atoms with Crippen molar-refractivity contribution in [2.75, 3.05) is 7.05 Å². The van der Waals surface area contributed by atoms with Crippen LogP contribution in [0, 0.1) is 0 Å². The molecule has 20 heavy (non-hydrogen) atoms. The minimum Gasteiger partial charge on any atom is -0.313 e. The van der Waals surface area contributed by atoms with Crippen molar-refractivity contribution in [1.82, 2.24) is 14.9 Å². The second kappa shape index (κ2) is 5.59. The summed E-state index contributed by atoms with van der Waals surface area (Å²) in [5.74, 6) is 0. The van der Waals surface area contributed by atoms with Gasteiger partial charge < -0.3 is 9.88 Å². The third-order valence-corrected chi connectivity index (χ3v) is 4.05. The molecule has 4 heteroatoms. The minimum absolute atomic E-state index is 0.0808. The van der Waals surface area contributed by atoms with Crippen LogP contribution in [0.15, 0.2) is 41.5 Å². The van der Waals surface area contributed by atoms with E-state index in [0.29, 0.717) is 12.6 Å². The fourth-order valence-corrected chi connectivity index (χ4v) is 3.01. The molecule has 2 aromatic heterocycles. The molecule has 0 saturated heterocycles. The average molecular weight is 269 g/mol. The molecule has 4 nitrogen and oxygen atoms in total. The molecule has 104 valence electrons. The summed E-state index contributed by atoms with van der Waals surface area (Å²) >= 11 is 0. The molecule has 1 aliphatic carbocycles. The average Bonchev–Trinajstić information content (AvgIpc) is 2.50. The van der Waals surface area contributed by atoms with Crippen molar-refractivity contribution >= 4 is 0 Å². The van der Waals surface area contributed by atoms with E-state index in [2.05, 4.69) is 10.3 Å². The fourth-order valence-electron chi connectivity index (χ4n) is 3.01. The Labute approximate surface area is 118 Å². The Morgan fingerprint density at radius 2 is 2.10 bits per heavy atom. The molecule has 2 aromatic rings. The second-order valence-electron chi connectivity index (χ2n) is 5.25. The molecule has 0 spiro atoms. The Morgan fingerprint density at radius 1 is 1.30 bits per heavy atom. The van der Waals surface area contributed by atoms with Gasteiger partial charge in [0.25, 0.3) is 5.56 Å². The van der Waals surface area contributed by atoms with Gasteiger partial charge in [-0.05, 0) is 49.6 Å². The first kappa shape index (κ1) is 13.1. The van der Waals surface area contributed by atoms with Crippen molar-refractivity contribution < 1.29 is 0 Å². The Balaban J connectivity index is 2.04. The number of rotatable bonds is 3. The molecule has 3 rings (SSSR count). The summed E-state index contributed by atoms with van der Waals surface area (Å²) in [5, 5.41) is 3.35. The standard InChI is InChI=1S/C16H19N3O/c1-17-14-3-2-4-15-13(14)5-6-16(20)19(15)11-12-7-9-18-10-8-12/h5-10,14,17H,2-4,11H2,1H3. The van der Waals surface area contributed by atoms with Crippen LogP contribution in [0.5, 0.6) is 0 Å².